The summed E-state index contributed by atoms with van der Waals surface area (Å²) in [6, 6.07) is 0. The van der Waals surface area contributed by atoms with Gasteiger partial charge in [0.25, 0.3) is 11.7 Å². The summed E-state index contributed by atoms with van der Waals surface area (Å²) >= 11 is 0. The molecule has 2 unspecified atom stereocenters. The number of carbonyl (C=O) groups is 2. The maximum atomic E-state index is 11.9. The number of amides is 2. The van der Waals surface area contributed by atoms with Crippen LogP contribution < -0.4 is 0 Å². The van der Waals surface area contributed by atoms with Crippen molar-refractivity contribution in [2.75, 3.05) is 7.05 Å². The Kier molecular flexibility index (Phi) is 2.18. The molecule has 0 aromatic heterocycles. The highest BCUT2D eigenvalue weighted by atomic mass is 16.7. The number of allylic oxidation sites excluding steroid dienone is 2. The Morgan fingerprint density at radius 2 is 2.24 bits per heavy atom. The van der Waals surface area contributed by atoms with Gasteiger partial charge >= 0.3 is 0 Å². The quantitative estimate of drug-likeness (QED) is 0.516. The normalized spacial score (nSPS) is 44.8. The molecule has 5 heteroatoms. The van der Waals surface area contributed by atoms with E-state index in [2.05, 4.69) is 12.2 Å². The fourth-order valence-corrected chi connectivity index (χ4v) is 3.02. The summed E-state index contributed by atoms with van der Waals surface area (Å²) in [6.45, 7) is 0. The molecule has 3 aliphatic rings. The van der Waals surface area contributed by atoms with Crippen LogP contribution in [-0.2, 0) is 14.3 Å². The molecule has 1 aliphatic carbocycles. The van der Waals surface area contributed by atoms with Crippen molar-refractivity contribution in [1.29, 1.82) is 0 Å². The average molecular weight is 237 g/mol. The first-order valence-corrected chi connectivity index (χ1v) is 5.93. The molecule has 0 saturated carbocycles. The molecule has 2 heterocycles. The van der Waals surface area contributed by atoms with E-state index in [-0.39, 0.29) is 17.9 Å². The lowest BCUT2D eigenvalue weighted by Crippen LogP contribution is -2.64. The zero-order valence-corrected chi connectivity index (χ0v) is 9.63. The van der Waals surface area contributed by atoms with Crippen LogP contribution in [0.5, 0.6) is 0 Å². The Morgan fingerprint density at radius 3 is 2.82 bits per heavy atom. The number of hydrogen-bond donors (Lipinski definition) is 1. The maximum Gasteiger partial charge on any atom is 0.290 e. The average Bonchev–Trinajstić information content (AvgIpc) is 2.44. The Hall–Kier alpha value is -1.20. The number of likely N-dealkylation sites (N-methyl/N-ethyl adjacent to an activating group) is 1. The number of carbonyl (C=O) groups excluding carboxylic acids is 2. The van der Waals surface area contributed by atoms with Crippen LogP contribution in [0.3, 0.4) is 0 Å². The monoisotopic (exact) mass is 237 g/mol. The number of nitrogens with zero attached hydrogens (tertiary/aromatic N) is 1. The minimum atomic E-state index is -1.88. The van der Waals surface area contributed by atoms with Gasteiger partial charge in [0.15, 0.2) is 0 Å². The van der Waals surface area contributed by atoms with Gasteiger partial charge in [-0.25, -0.2) is 0 Å². The molecule has 0 spiro atoms. The van der Waals surface area contributed by atoms with Gasteiger partial charge in [-0.15, -0.1) is 0 Å². The molecule has 0 aromatic carbocycles. The highest BCUT2D eigenvalue weighted by Gasteiger charge is 2.71. The van der Waals surface area contributed by atoms with Gasteiger partial charge in [-0.05, 0) is 25.2 Å². The van der Waals surface area contributed by atoms with E-state index in [1.807, 2.05) is 0 Å². The number of aliphatic hydroxyl groups is 1. The Morgan fingerprint density at radius 1 is 1.47 bits per heavy atom. The Bertz CT molecular complexity index is 419. The lowest BCUT2D eigenvalue weighted by Gasteiger charge is -2.47. The summed E-state index contributed by atoms with van der Waals surface area (Å²) in [5.74, 6) is -3.29. The smallest absolute Gasteiger partial charge is 0.290 e. The fraction of sp³-hybridized carbons (Fsp3) is 0.667. The van der Waals surface area contributed by atoms with Crippen molar-refractivity contribution in [3.63, 3.8) is 0 Å². The lowest BCUT2D eigenvalue weighted by atomic mass is 9.76. The molecular formula is C12H15NO4. The summed E-state index contributed by atoms with van der Waals surface area (Å²) in [6.07, 6.45) is 6.62. The van der Waals surface area contributed by atoms with Crippen molar-refractivity contribution in [2.45, 2.75) is 31.2 Å². The molecule has 3 rings (SSSR count). The molecule has 0 bridgehead atoms. The number of ether oxygens (including phenoxy) is 1. The van der Waals surface area contributed by atoms with Crippen LogP contribution in [0.15, 0.2) is 12.2 Å². The summed E-state index contributed by atoms with van der Waals surface area (Å²) < 4.78 is 5.35. The van der Waals surface area contributed by atoms with E-state index < -0.39 is 17.6 Å². The van der Waals surface area contributed by atoms with E-state index in [1.165, 1.54) is 7.05 Å². The SMILES string of the molecule is CN1C(=O)C2[C@H](C3CC=CCC3)O[C@]2(O)C1=O. The van der Waals surface area contributed by atoms with E-state index in [0.717, 1.165) is 24.2 Å². The number of imide groups is 1. The largest absolute Gasteiger partial charge is 0.357 e. The van der Waals surface area contributed by atoms with Crippen molar-refractivity contribution in [1.82, 2.24) is 4.90 Å². The van der Waals surface area contributed by atoms with E-state index in [0.29, 0.717) is 0 Å². The summed E-state index contributed by atoms with van der Waals surface area (Å²) in [5.41, 5.74) is 0. The first kappa shape index (κ1) is 10.9. The van der Waals surface area contributed by atoms with Crippen LogP contribution >= 0.6 is 0 Å². The van der Waals surface area contributed by atoms with E-state index in [9.17, 15) is 14.7 Å². The zero-order chi connectivity index (χ0) is 12.2. The summed E-state index contributed by atoms with van der Waals surface area (Å²) in [4.78, 5) is 24.5. The molecule has 4 atom stereocenters. The van der Waals surface area contributed by atoms with Crippen molar-refractivity contribution in [3.05, 3.63) is 12.2 Å². The van der Waals surface area contributed by atoms with Crippen molar-refractivity contribution >= 4 is 11.8 Å². The van der Waals surface area contributed by atoms with Gasteiger partial charge in [-0.3, -0.25) is 14.5 Å². The number of rotatable bonds is 1. The third-order valence-electron chi connectivity index (χ3n) is 4.05. The van der Waals surface area contributed by atoms with Crippen LogP contribution in [-0.4, -0.2) is 40.8 Å². The van der Waals surface area contributed by atoms with Crippen molar-refractivity contribution < 1.29 is 19.4 Å². The van der Waals surface area contributed by atoms with Crippen LogP contribution in [0, 0.1) is 11.8 Å². The molecule has 92 valence electrons. The zero-order valence-electron chi connectivity index (χ0n) is 9.63. The second-order valence-electron chi connectivity index (χ2n) is 5.00. The van der Waals surface area contributed by atoms with Gasteiger partial charge < -0.3 is 9.84 Å². The number of hydrogen-bond acceptors (Lipinski definition) is 4. The second-order valence-corrected chi connectivity index (χ2v) is 5.00. The molecule has 0 aromatic rings. The Labute approximate surface area is 99.0 Å². The van der Waals surface area contributed by atoms with Gasteiger partial charge in [0.2, 0.25) is 5.91 Å². The molecule has 2 aliphatic heterocycles. The van der Waals surface area contributed by atoms with Gasteiger partial charge in [0.1, 0.15) is 5.92 Å². The van der Waals surface area contributed by atoms with E-state index >= 15 is 0 Å². The number of fused-ring (bicyclic) bond motifs is 1. The first-order chi connectivity index (χ1) is 8.05. The first-order valence-electron chi connectivity index (χ1n) is 5.93. The molecule has 0 radical (unpaired) electrons. The predicted octanol–water partition coefficient (Wildman–Crippen LogP) is 0.0449. The van der Waals surface area contributed by atoms with Gasteiger partial charge in [0, 0.05) is 7.05 Å². The standard InChI is InChI=1S/C12H15NO4/c1-13-10(14)8-9(7-5-3-2-4-6-7)17-12(8,16)11(13)15/h2-3,7-9,16H,4-6H2,1H3/t7?,8?,9-,12-/m0/s1. The molecule has 1 N–H and O–H groups in total. The van der Waals surface area contributed by atoms with Crippen LogP contribution in [0.25, 0.3) is 0 Å². The molecule has 2 fully saturated rings. The topological polar surface area (TPSA) is 66.8 Å². The fourth-order valence-electron chi connectivity index (χ4n) is 3.02. The minimum absolute atomic E-state index is 0.230. The lowest BCUT2D eigenvalue weighted by molar-refractivity contribution is -0.334. The number of likely N-dealkylation sites (tertiary alicyclic amines) is 1. The molecular weight excluding hydrogens is 222 g/mol. The molecule has 5 nitrogen and oxygen atoms in total. The van der Waals surface area contributed by atoms with Gasteiger partial charge in [0.05, 0.1) is 6.10 Å². The summed E-state index contributed by atoms with van der Waals surface area (Å²) in [5, 5.41) is 10.0. The van der Waals surface area contributed by atoms with Crippen molar-refractivity contribution in [3.8, 4) is 0 Å². The molecule has 2 amide bonds. The Balaban J connectivity index is 1.83. The highest BCUT2D eigenvalue weighted by Crippen LogP contribution is 2.49. The van der Waals surface area contributed by atoms with Crippen LogP contribution in [0.2, 0.25) is 0 Å². The van der Waals surface area contributed by atoms with Crippen LogP contribution in [0.1, 0.15) is 19.3 Å². The third-order valence-corrected chi connectivity index (χ3v) is 4.05. The minimum Gasteiger partial charge on any atom is -0.357 e. The molecule has 2 saturated heterocycles. The van der Waals surface area contributed by atoms with E-state index in [1.54, 1.807) is 0 Å². The third kappa shape index (κ3) is 1.26. The molecule has 17 heavy (non-hydrogen) atoms. The maximum absolute atomic E-state index is 11.9. The van der Waals surface area contributed by atoms with Crippen LogP contribution in [0.4, 0.5) is 0 Å². The second kappa shape index (κ2) is 3.40. The van der Waals surface area contributed by atoms with Gasteiger partial charge in [-0.1, -0.05) is 12.2 Å². The highest BCUT2D eigenvalue weighted by molar-refractivity contribution is 6.09. The summed E-state index contributed by atoms with van der Waals surface area (Å²) in [7, 11) is 1.39. The van der Waals surface area contributed by atoms with Gasteiger partial charge in [-0.2, -0.15) is 0 Å². The van der Waals surface area contributed by atoms with Crippen molar-refractivity contribution in [2.24, 2.45) is 11.8 Å². The predicted molar refractivity (Wildman–Crippen MR) is 57.6 cm³/mol. The van der Waals surface area contributed by atoms with E-state index in [4.69, 9.17) is 4.74 Å².